The van der Waals surface area contributed by atoms with Gasteiger partial charge in [0.1, 0.15) is 11.2 Å². The second kappa shape index (κ2) is 12.3. The lowest BCUT2D eigenvalue weighted by Gasteiger charge is -2.13. The van der Waals surface area contributed by atoms with Gasteiger partial charge in [0, 0.05) is 49.5 Å². The topological polar surface area (TPSA) is 61.7 Å². The van der Waals surface area contributed by atoms with Crippen LogP contribution < -0.4 is 0 Å². The molecule has 4 heterocycles. The first-order valence-electron chi connectivity index (χ1n) is 32.1. The van der Waals surface area contributed by atoms with Crippen molar-refractivity contribution in [2.75, 3.05) is 0 Å². The highest BCUT2D eigenvalue weighted by molar-refractivity contribution is 6.24. The van der Waals surface area contributed by atoms with Crippen molar-refractivity contribution in [2.45, 2.75) is 0 Å². The Bertz CT molecular complexity index is 5190. The van der Waals surface area contributed by atoms with Gasteiger partial charge < -0.3 is 8.98 Å². The van der Waals surface area contributed by atoms with Crippen molar-refractivity contribution in [1.82, 2.24) is 24.1 Å². The van der Waals surface area contributed by atoms with E-state index in [2.05, 4.69) is 15.0 Å². The minimum atomic E-state index is -1.06. The van der Waals surface area contributed by atoms with Crippen molar-refractivity contribution >= 4 is 65.6 Å². The number of furan rings is 1. The van der Waals surface area contributed by atoms with Crippen LogP contribution in [0.3, 0.4) is 0 Å². The lowest BCUT2D eigenvalue weighted by atomic mass is 10.0. The first-order valence-corrected chi connectivity index (χ1v) is 16.6. The maximum Gasteiger partial charge on any atom is 0.238 e. The van der Waals surface area contributed by atoms with Crippen LogP contribution in [0, 0.1) is 0 Å². The van der Waals surface area contributed by atoms with E-state index in [1.54, 1.807) is 0 Å². The molecular weight excluding hydrogens is 699 g/mol. The quantitative estimate of drug-likeness (QED) is 0.175. The third-order valence-corrected chi connectivity index (χ3v) is 8.98. The average Bonchev–Trinajstić information content (AvgIpc) is 1.53. The van der Waals surface area contributed by atoms with Gasteiger partial charge in [-0.25, -0.2) is 4.98 Å². The highest BCUT2D eigenvalue weighted by Crippen LogP contribution is 2.42. The molecule has 12 aromatic rings. The Hall–Kier alpha value is -7.83. The van der Waals surface area contributed by atoms with Crippen LogP contribution in [0.1, 0.15) is 42.5 Å². The Labute approximate surface area is 370 Å². The molecule has 0 radical (unpaired) electrons. The molecule has 0 atom stereocenters. The van der Waals surface area contributed by atoms with E-state index >= 15 is 0 Å². The molecule has 0 unspecified atom stereocenters. The van der Waals surface area contributed by atoms with Crippen molar-refractivity contribution in [1.29, 1.82) is 0 Å². The molecule has 0 aliphatic rings. The molecule has 0 saturated carbocycles. The van der Waals surface area contributed by atoms with Crippen LogP contribution in [0.2, 0.25) is 0 Å². The molecule has 12 rings (SSSR count). The fourth-order valence-electron chi connectivity index (χ4n) is 6.64. The number of aromatic nitrogens is 5. The summed E-state index contributed by atoms with van der Waals surface area (Å²) in [6.07, 6.45) is 0. The molecule has 0 spiro atoms. The van der Waals surface area contributed by atoms with Gasteiger partial charge in [-0.15, -0.1) is 0 Å². The molecule has 0 fully saturated rings. The Kier molecular flexibility index (Phi) is 2.97. The monoisotopic (exact) mass is 760 g/mol. The van der Waals surface area contributed by atoms with Gasteiger partial charge in [0.2, 0.25) is 5.95 Å². The minimum absolute atomic E-state index is 0.557. The highest BCUT2D eigenvalue weighted by atomic mass is 16.3. The van der Waals surface area contributed by atoms with E-state index in [9.17, 15) is 13.7 Å². The molecule has 8 aromatic carbocycles. The average molecular weight is 761 g/mol. The summed E-state index contributed by atoms with van der Waals surface area (Å²) in [7, 11) is 0. The molecule has 57 heavy (non-hydrogen) atoms. The molecule has 0 N–H and O–H groups in total. The van der Waals surface area contributed by atoms with Gasteiger partial charge in [0.05, 0.1) is 70.2 Å². The summed E-state index contributed by atoms with van der Waals surface area (Å²) >= 11 is 0. The number of nitrogens with zero attached hydrogens (tertiary/aromatic N) is 5. The van der Waals surface area contributed by atoms with Gasteiger partial charge in [-0.3, -0.25) is 4.57 Å². The number of rotatable bonds is 5. The lowest BCUT2D eigenvalue weighted by molar-refractivity contribution is 0.668. The zero-order valence-corrected chi connectivity index (χ0v) is 28.1. The molecular formula is C51H31N5O. The van der Waals surface area contributed by atoms with Gasteiger partial charge in [0.25, 0.3) is 0 Å². The van der Waals surface area contributed by atoms with E-state index in [4.69, 9.17) is 33.2 Å². The number of hydrogen-bond acceptors (Lipinski definition) is 4. The summed E-state index contributed by atoms with van der Waals surface area (Å²) in [6, 6.07) is -28.9. The first kappa shape index (κ1) is 13.7. The zero-order chi connectivity index (χ0) is 64.4. The summed E-state index contributed by atoms with van der Waals surface area (Å²) in [5, 5.41) is -3.66. The Morgan fingerprint density at radius 1 is 0.368 bits per heavy atom. The molecule has 0 amide bonds. The Balaban J connectivity index is 1.36. The van der Waals surface area contributed by atoms with Gasteiger partial charge in [-0.1, -0.05) is 145 Å². The van der Waals surface area contributed by atoms with Crippen molar-refractivity contribution in [3.63, 3.8) is 0 Å². The molecule has 6 nitrogen and oxygen atoms in total. The summed E-state index contributed by atoms with van der Waals surface area (Å²) in [4.78, 5) is 13.3. The summed E-state index contributed by atoms with van der Waals surface area (Å²) in [5.41, 5.74) is -8.07. The second-order valence-corrected chi connectivity index (χ2v) is 12.1. The van der Waals surface area contributed by atoms with E-state index in [1.807, 2.05) is 0 Å². The van der Waals surface area contributed by atoms with Gasteiger partial charge in [-0.05, 0) is 47.4 Å². The number of fused-ring (bicyclic) bond motifs is 10. The molecule has 6 heteroatoms. The van der Waals surface area contributed by atoms with Gasteiger partial charge in [-0.2, -0.15) is 9.97 Å². The van der Waals surface area contributed by atoms with E-state index in [1.165, 1.54) is 0 Å². The van der Waals surface area contributed by atoms with Crippen LogP contribution in [-0.2, 0) is 0 Å². The molecule has 0 saturated heterocycles. The first-order chi connectivity index (χ1) is 41.2. The lowest BCUT2D eigenvalue weighted by Crippen LogP contribution is -2.07. The van der Waals surface area contributed by atoms with Crippen molar-refractivity contribution < 1.29 is 46.9 Å². The fourth-order valence-corrected chi connectivity index (χ4v) is 6.64. The number of hydrogen-bond donors (Lipinski definition) is 0. The van der Waals surface area contributed by atoms with Crippen molar-refractivity contribution in [3.8, 4) is 45.5 Å². The zero-order valence-electron chi connectivity index (χ0n) is 59.1. The third-order valence-electron chi connectivity index (χ3n) is 8.98. The van der Waals surface area contributed by atoms with Gasteiger partial charge >= 0.3 is 0 Å². The SMILES string of the molecule is [2H]c1c([2H])c([2H])c(-c2nc(-c3c([2H])c([2H])c([2H])c([2H])c3[2H])nc(-n3c4c([2H])c([2H])c([2H])c([2H])c4c4c([2H])c([2H])c5c6c([2H])c([2H])c([2H])c([2H])c6n(-c6c([2H])c([2H])c7c(oc8c([2H])c([2H])c(-c9c([2H])c([2H])c([2H])c([2H])c9[2H])c([2H])c87)c6[2H])c5c43)n2)c([2H])c1[2H]. The summed E-state index contributed by atoms with van der Waals surface area (Å²) in [6.45, 7) is 0. The van der Waals surface area contributed by atoms with Crippen molar-refractivity contribution in [2.24, 2.45) is 0 Å². The van der Waals surface area contributed by atoms with Crippen LogP contribution in [0.25, 0.3) is 111 Å². The summed E-state index contributed by atoms with van der Waals surface area (Å²) < 4.78 is 287. The maximum absolute atomic E-state index is 9.99. The predicted molar refractivity (Wildman–Crippen MR) is 232 cm³/mol. The highest BCUT2D eigenvalue weighted by Gasteiger charge is 2.24. The molecule has 4 aromatic heterocycles. The Morgan fingerprint density at radius 3 is 1.53 bits per heavy atom. The predicted octanol–water partition coefficient (Wildman–Crippen LogP) is 13.0. The molecule has 0 aliphatic carbocycles. The largest absolute Gasteiger partial charge is 0.456 e. The van der Waals surface area contributed by atoms with Crippen molar-refractivity contribution in [3.05, 3.63) is 187 Å². The maximum atomic E-state index is 9.99. The van der Waals surface area contributed by atoms with E-state index in [-0.39, 0.29) is 0 Å². The standard InChI is InChI=1S/C51H31N5O/c1-4-14-32(15-5-1)35-24-29-45-42(30-35)39-26-25-36(31-46(39)57-45)55-43-22-12-10-20-37(43)40-27-28-41-38-21-11-13-23-44(38)56(48(41)47(40)55)51-53-49(33-16-6-2-7-17-33)52-50(54-51)34-18-8-3-9-19-34/h1-31H/i1D,2D,3D,4D,5D,6D,7D,8D,9D,10D,11D,12D,13D,14D,15D,16D,17D,18D,19D,20D,21D,22D,23D,24D,25D,26D,27D,28D,29D,30D,31D. The Morgan fingerprint density at radius 2 is 0.895 bits per heavy atom. The second-order valence-electron chi connectivity index (χ2n) is 12.1. The van der Waals surface area contributed by atoms with E-state index < -0.39 is 298 Å². The summed E-state index contributed by atoms with van der Waals surface area (Å²) in [5.74, 6) is -2.76. The number of benzene rings is 8. The van der Waals surface area contributed by atoms with Crippen LogP contribution in [-0.4, -0.2) is 24.1 Å². The van der Waals surface area contributed by atoms with E-state index in [0.717, 1.165) is 9.13 Å². The van der Waals surface area contributed by atoms with Crippen LogP contribution >= 0.6 is 0 Å². The minimum Gasteiger partial charge on any atom is -0.456 e. The smallest absolute Gasteiger partial charge is 0.238 e. The van der Waals surface area contributed by atoms with Crippen LogP contribution in [0.5, 0.6) is 0 Å². The molecule has 0 aliphatic heterocycles. The fraction of sp³-hybridized carbons (Fsp3) is 0. The normalized spacial score (nSPS) is 19.5. The van der Waals surface area contributed by atoms with Gasteiger partial charge in [0.15, 0.2) is 11.6 Å². The number of para-hydroxylation sites is 2. The molecule has 266 valence electrons. The van der Waals surface area contributed by atoms with Crippen LogP contribution in [0.4, 0.5) is 0 Å². The van der Waals surface area contributed by atoms with E-state index in [0.29, 0.717) is 0 Å². The third kappa shape index (κ3) is 4.87. The van der Waals surface area contributed by atoms with Crippen LogP contribution in [0.15, 0.2) is 192 Å². The molecule has 0 bridgehead atoms.